The summed E-state index contributed by atoms with van der Waals surface area (Å²) < 4.78 is 11.0. The number of phenolic OH excluding ortho intramolecular Hbond substituents is 6. The lowest BCUT2D eigenvalue weighted by atomic mass is 10.1. The molecule has 26 heteroatoms. The lowest BCUT2D eigenvalue weighted by molar-refractivity contribution is -0.385. The fourth-order valence-corrected chi connectivity index (χ4v) is 12.0. The molecule has 0 bridgehead atoms. The average Bonchev–Trinajstić information content (AvgIpc) is 0.788. The molecule has 576 valence electrons. The number of nitro groups is 1. The Morgan fingerprint density at radius 3 is 1.02 bits per heavy atom. The molecule has 8 aromatic carbocycles. The maximum atomic E-state index is 13.2. The highest BCUT2D eigenvalue weighted by Gasteiger charge is 2.19. The largest absolute Gasteiger partial charge is 0.508 e. The Morgan fingerprint density at radius 2 is 0.672 bits per heavy atom. The number of nitrogens with zero attached hydrogens (tertiary/aromatic N) is 13. The van der Waals surface area contributed by atoms with Gasteiger partial charge in [0.25, 0.3) is 22.2 Å². The number of ether oxygens (including phenoxy) is 1. The molecule has 0 amide bonds. The Bertz CT molecular complexity index is 7230. The maximum Gasteiger partial charge on any atom is 0.311 e. The van der Waals surface area contributed by atoms with Crippen LogP contribution in [0, 0.1) is 59.5 Å². The van der Waals surface area contributed by atoms with Crippen molar-refractivity contribution in [1.29, 1.82) is 0 Å². The van der Waals surface area contributed by atoms with Gasteiger partial charge in [0.15, 0.2) is 39.8 Å². The molecule has 8 aromatic heterocycles. The third kappa shape index (κ3) is 17.9. The Balaban J connectivity index is 0.000000137. The number of aromatic nitrogens is 12. The number of hydrogen-bond acceptors (Lipinski definition) is 21. The highest BCUT2D eigenvalue weighted by atomic mass is 16.6. The smallest absolute Gasteiger partial charge is 0.311 e. The molecule has 0 aliphatic carbocycles. The second kappa shape index (κ2) is 35.6. The second-order valence-electron chi connectivity index (χ2n) is 25.5. The van der Waals surface area contributed by atoms with Gasteiger partial charge in [-0.15, -0.1) is 25.7 Å². The van der Waals surface area contributed by atoms with Crippen LogP contribution in [-0.2, 0) is 0 Å². The molecule has 0 radical (unpaired) electrons. The fraction of sp³-hybridized carbons (Fsp3) is 0.0108. The van der Waals surface area contributed by atoms with Crippen LogP contribution in [-0.4, -0.2) is 101 Å². The summed E-state index contributed by atoms with van der Waals surface area (Å²) in [6.07, 6.45) is 40.9. The molecular formula is C93H61N13O13. The van der Waals surface area contributed by atoms with E-state index in [1.165, 1.54) is 80.1 Å². The number of methoxy groups -OCH3 is 1. The van der Waals surface area contributed by atoms with Crippen molar-refractivity contribution in [3.63, 3.8) is 0 Å². The molecule has 26 nitrogen and oxygen atoms in total. The van der Waals surface area contributed by atoms with Gasteiger partial charge in [-0.2, -0.15) is 0 Å². The number of benzene rings is 8. The van der Waals surface area contributed by atoms with Gasteiger partial charge in [0, 0.05) is 70.3 Å². The zero-order chi connectivity index (χ0) is 83.8. The molecule has 0 spiro atoms. The van der Waals surface area contributed by atoms with Gasteiger partial charge in [0.05, 0.1) is 56.3 Å². The van der Waals surface area contributed by atoms with Gasteiger partial charge >= 0.3 is 5.69 Å². The van der Waals surface area contributed by atoms with E-state index in [2.05, 4.69) is 63.6 Å². The topological polar surface area (TPSA) is 365 Å². The van der Waals surface area contributed by atoms with Gasteiger partial charge in [-0.05, 0) is 242 Å². The summed E-state index contributed by atoms with van der Waals surface area (Å²) in [6.45, 7) is 0. The second-order valence-corrected chi connectivity index (χ2v) is 25.5. The Morgan fingerprint density at radius 1 is 0.353 bits per heavy atom. The summed E-state index contributed by atoms with van der Waals surface area (Å²) in [5.74, 6) is 11.4. The monoisotopic (exact) mass is 1570 g/mol. The van der Waals surface area contributed by atoms with Gasteiger partial charge in [0.1, 0.15) is 46.3 Å². The first kappa shape index (κ1) is 79.2. The lowest BCUT2D eigenvalue weighted by Crippen LogP contribution is -2.22. The van der Waals surface area contributed by atoms with Crippen LogP contribution in [0.1, 0.15) is 67.8 Å². The van der Waals surface area contributed by atoms with Gasteiger partial charge in [-0.25, -0.2) is 39.9 Å². The molecule has 0 saturated heterocycles. The minimum absolute atomic E-state index is 0.00904. The molecule has 16 rings (SSSR count). The molecule has 8 heterocycles. The van der Waals surface area contributed by atoms with Crippen molar-refractivity contribution in [1.82, 2.24) is 58.1 Å². The zero-order valence-electron chi connectivity index (χ0n) is 62.4. The summed E-state index contributed by atoms with van der Waals surface area (Å²) in [7, 11) is 1.48. The van der Waals surface area contributed by atoms with Crippen LogP contribution < -0.4 is 27.0 Å². The molecule has 0 fully saturated rings. The lowest BCUT2D eigenvalue weighted by Gasteiger charge is -2.11. The van der Waals surface area contributed by atoms with E-state index in [0.717, 1.165) is 11.1 Å². The van der Waals surface area contributed by atoms with E-state index in [1.54, 1.807) is 237 Å². The highest BCUT2D eigenvalue weighted by molar-refractivity contribution is 5.82. The van der Waals surface area contributed by atoms with Crippen molar-refractivity contribution < 1.29 is 40.3 Å². The van der Waals surface area contributed by atoms with E-state index in [4.69, 9.17) is 30.4 Å². The molecule has 0 aliphatic heterocycles. The number of pyridine rings is 4. The molecule has 0 saturated carbocycles. The highest BCUT2D eigenvalue weighted by Crippen LogP contribution is 2.31. The molecule has 6 N–H and O–H groups in total. The normalized spacial score (nSPS) is 11.0. The zero-order valence-corrected chi connectivity index (χ0v) is 62.4. The first-order chi connectivity index (χ1) is 57.7. The van der Waals surface area contributed by atoms with Gasteiger partial charge in [-0.3, -0.25) is 47.6 Å². The van der Waals surface area contributed by atoms with Crippen LogP contribution in [0.15, 0.2) is 262 Å². The van der Waals surface area contributed by atoms with Crippen LogP contribution >= 0.6 is 0 Å². The predicted molar refractivity (Wildman–Crippen MR) is 457 cm³/mol. The summed E-state index contributed by atoms with van der Waals surface area (Å²) in [4.78, 5) is 97.9. The van der Waals surface area contributed by atoms with E-state index < -0.39 is 16.4 Å². The Labute approximate surface area is 675 Å². The van der Waals surface area contributed by atoms with Crippen molar-refractivity contribution in [2.24, 2.45) is 0 Å². The van der Waals surface area contributed by atoms with Crippen molar-refractivity contribution in [2.45, 2.75) is 0 Å². The number of hydrogen-bond donors (Lipinski definition) is 6. The molecular weight excluding hydrogens is 1510 g/mol. The van der Waals surface area contributed by atoms with E-state index in [9.17, 15) is 59.9 Å². The van der Waals surface area contributed by atoms with Crippen LogP contribution in [0.2, 0.25) is 0 Å². The minimum atomic E-state index is -0.673. The minimum Gasteiger partial charge on any atom is -0.508 e. The van der Waals surface area contributed by atoms with Crippen LogP contribution in [0.4, 0.5) is 5.69 Å². The standard InChI is InChI=1S/C24H17N3O3.C23H14N4O4.2C23H15N3O3/c1-3-16-6-10-18(11-7-16)27-22(26-23-19(24(27)29)5-4-14-25-23)13-9-17-8-12-20(28)21(15-17)30-2;1-2-15-5-9-17(10-6-15)26-21(25-22-18(23(26)29)4-3-13-24-22)12-8-16-7-11-20(28)19(14-16)27(30)31;1-2-15-5-9-17(10-6-15)26-21(12-8-16-7-11-18(27)14-20(16)28)25-22-19(23(26)29)4-3-13-24-22;1-2-15-5-8-17(9-6-15)26-21(12-7-16-14-18(27)10-11-20(16)28)25-22-19(23(26)29)4-3-13-24-22/h1,4-15,28H,2H3;1,3-14,28H;2*1,3-14,27-28H/b13-9+;2*12-8+;12-7+. The predicted octanol–water partition coefficient (Wildman–Crippen LogP) is 13.9. The molecule has 0 aliphatic rings. The van der Waals surface area contributed by atoms with E-state index in [1.807, 2.05) is 0 Å². The summed E-state index contributed by atoms with van der Waals surface area (Å²) >= 11 is 0. The van der Waals surface area contributed by atoms with Gasteiger partial charge in [0.2, 0.25) is 0 Å². The van der Waals surface area contributed by atoms with Crippen molar-refractivity contribution in [3.8, 4) is 112 Å². The SMILES string of the molecule is C#Cc1ccc(-n2c(/C=C/c3cc(O)ccc3O)nc3ncccc3c2=O)cc1.C#Cc1ccc(-n2c(/C=C/c3ccc(O)c(OC)c3)nc3ncccc3c2=O)cc1.C#Cc1ccc(-n2c(/C=C/c3ccc(O)c([N+](=O)[O-])c3)nc3ncccc3c2=O)cc1.C#Cc1ccc(-n2c(/C=C/c3ccc(O)cc3O)nc3ncccc3c2=O)cc1. The van der Waals surface area contributed by atoms with Crippen LogP contribution in [0.3, 0.4) is 0 Å². The number of fused-ring (bicyclic) bond motifs is 4. The van der Waals surface area contributed by atoms with Gasteiger partial charge in [-0.1, -0.05) is 48.0 Å². The summed E-state index contributed by atoms with van der Waals surface area (Å²) in [5, 5.41) is 71.1. The quantitative estimate of drug-likeness (QED) is 0.0255. The Hall–Kier alpha value is -17.9. The number of rotatable bonds is 14. The molecule has 119 heavy (non-hydrogen) atoms. The molecule has 16 aromatic rings. The average molecular weight is 1570 g/mol. The maximum absolute atomic E-state index is 13.2. The van der Waals surface area contributed by atoms with Crippen molar-refractivity contribution in [3.05, 3.63) is 363 Å². The molecule has 0 atom stereocenters. The van der Waals surface area contributed by atoms with E-state index in [-0.39, 0.29) is 62.5 Å². The summed E-state index contributed by atoms with van der Waals surface area (Å²) in [5.41, 5.74) is 6.99. The van der Waals surface area contributed by atoms with E-state index in [0.29, 0.717) is 118 Å². The van der Waals surface area contributed by atoms with Crippen LogP contribution in [0.25, 0.3) is 115 Å². The number of terminal acetylenes is 4. The first-order valence-corrected chi connectivity index (χ1v) is 35.6. The first-order valence-electron chi connectivity index (χ1n) is 35.6. The van der Waals surface area contributed by atoms with Crippen molar-refractivity contribution >= 4 is 98.4 Å². The number of aromatic hydroxyl groups is 6. The Kier molecular flexibility index (Phi) is 23.7. The van der Waals surface area contributed by atoms with Gasteiger partial charge < -0.3 is 35.4 Å². The van der Waals surface area contributed by atoms with Crippen LogP contribution in [0.5, 0.6) is 40.2 Å². The fourth-order valence-electron chi connectivity index (χ4n) is 12.0. The third-order valence-electron chi connectivity index (χ3n) is 17.9. The number of nitro benzene ring substituents is 1. The molecule has 0 unspecified atom stereocenters. The number of phenols is 6. The third-order valence-corrected chi connectivity index (χ3v) is 17.9. The van der Waals surface area contributed by atoms with Crippen molar-refractivity contribution in [2.75, 3.05) is 7.11 Å². The van der Waals surface area contributed by atoms with E-state index >= 15 is 0 Å². The summed E-state index contributed by atoms with van der Waals surface area (Å²) in [6, 6.07) is 58.7.